The molecule has 1 atom stereocenters. The summed E-state index contributed by atoms with van der Waals surface area (Å²) in [6.45, 7) is 6.45. The van der Waals surface area contributed by atoms with E-state index < -0.39 is 5.60 Å². The minimum atomic E-state index is -0.885. The van der Waals surface area contributed by atoms with Crippen LogP contribution < -0.4 is 15.4 Å². The zero-order chi connectivity index (χ0) is 15.0. The number of aliphatic hydroxyl groups is 1. The van der Waals surface area contributed by atoms with Gasteiger partial charge in [0.25, 0.3) is 0 Å². The molecule has 20 heavy (non-hydrogen) atoms. The van der Waals surface area contributed by atoms with Crippen molar-refractivity contribution in [1.82, 2.24) is 5.32 Å². The van der Waals surface area contributed by atoms with Gasteiger partial charge in [0.05, 0.1) is 12.2 Å². The molecule has 0 saturated heterocycles. The summed E-state index contributed by atoms with van der Waals surface area (Å²) >= 11 is 0. The molecule has 5 heteroatoms. The number of ether oxygens (including phenoxy) is 1. The second kappa shape index (κ2) is 7.75. The quantitative estimate of drug-likeness (QED) is 0.719. The summed E-state index contributed by atoms with van der Waals surface area (Å²) in [5, 5.41) is 15.2. The van der Waals surface area contributed by atoms with E-state index in [4.69, 9.17) is 4.74 Å². The van der Waals surface area contributed by atoms with Gasteiger partial charge in [-0.25, -0.2) is 4.79 Å². The van der Waals surface area contributed by atoms with Gasteiger partial charge in [-0.2, -0.15) is 0 Å². The van der Waals surface area contributed by atoms with Crippen LogP contribution in [0.5, 0.6) is 5.75 Å². The highest BCUT2D eigenvalue weighted by Gasteiger charge is 2.18. The fourth-order valence-electron chi connectivity index (χ4n) is 1.45. The fourth-order valence-corrected chi connectivity index (χ4v) is 1.45. The molecule has 0 saturated carbocycles. The first kappa shape index (κ1) is 16.3. The number of amides is 2. The van der Waals surface area contributed by atoms with E-state index in [1.54, 1.807) is 19.1 Å². The molecule has 0 heterocycles. The number of benzene rings is 1. The Hall–Kier alpha value is -1.75. The SMILES string of the molecule is CCCOc1cccc(NC(=O)NC[C@@](C)(O)CC)c1. The van der Waals surface area contributed by atoms with Gasteiger partial charge in [0.2, 0.25) is 0 Å². The molecule has 0 bridgehead atoms. The molecule has 5 nitrogen and oxygen atoms in total. The van der Waals surface area contributed by atoms with Crippen LogP contribution in [0.25, 0.3) is 0 Å². The van der Waals surface area contributed by atoms with E-state index in [1.165, 1.54) is 0 Å². The largest absolute Gasteiger partial charge is 0.494 e. The van der Waals surface area contributed by atoms with Gasteiger partial charge in [0.1, 0.15) is 5.75 Å². The summed E-state index contributed by atoms with van der Waals surface area (Å²) < 4.78 is 5.50. The first-order valence-corrected chi connectivity index (χ1v) is 6.97. The number of anilines is 1. The monoisotopic (exact) mass is 280 g/mol. The number of rotatable bonds is 7. The Kier molecular flexibility index (Phi) is 6.31. The maximum atomic E-state index is 11.7. The van der Waals surface area contributed by atoms with Crippen LogP contribution in [0.2, 0.25) is 0 Å². The second-order valence-corrected chi connectivity index (χ2v) is 5.03. The van der Waals surface area contributed by atoms with Gasteiger partial charge in [-0.15, -0.1) is 0 Å². The van der Waals surface area contributed by atoms with E-state index in [0.717, 1.165) is 12.2 Å². The van der Waals surface area contributed by atoms with Crippen LogP contribution >= 0.6 is 0 Å². The van der Waals surface area contributed by atoms with Crippen molar-refractivity contribution in [3.63, 3.8) is 0 Å². The number of nitrogens with one attached hydrogen (secondary N) is 2. The first-order chi connectivity index (χ1) is 9.46. The maximum absolute atomic E-state index is 11.7. The van der Waals surface area contributed by atoms with Gasteiger partial charge in [-0.3, -0.25) is 0 Å². The molecule has 3 N–H and O–H groups in total. The van der Waals surface area contributed by atoms with E-state index in [2.05, 4.69) is 10.6 Å². The predicted molar refractivity (Wildman–Crippen MR) is 80.2 cm³/mol. The van der Waals surface area contributed by atoms with Crippen molar-refractivity contribution in [2.24, 2.45) is 0 Å². The first-order valence-electron chi connectivity index (χ1n) is 6.97. The lowest BCUT2D eigenvalue weighted by Crippen LogP contribution is -2.41. The highest BCUT2D eigenvalue weighted by atomic mass is 16.5. The van der Waals surface area contributed by atoms with Crippen LogP contribution in [0.4, 0.5) is 10.5 Å². The lowest BCUT2D eigenvalue weighted by molar-refractivity contribution is 0.0587. The van der Waals surface area contributed by atoms with Crippen molar-refractivity contribution in [2.45, 2.75) is 39.2 Å². The van der Waals surface area contributed by atoms with Gasteiger partial charge < -0.3 is 20.5 Å². The van der Waals surface area contributed by atoms with E-state index in [0.29, 0.717) is 18.7 Å². The lowest BCUT2D eigenvalue weighted by atomic mass is 10.0. The molecule has 0 unspecified atom stereocenters. The Bertz CT molecular complexity index is 433. The summed E-state index contributed by atoms with van der Waals surface area (Å²) in [7, 11) is 0. The Labute approximate surface area is 120 Å². The Morgan fingerprint density at radius 2 is 2.15 bits per heavy atom. The number of hydrogen-bond donors (Lipinski definition) is 3. The molecule has 0 spiro atoms. The van der Waals surface area contributed by atoms with Gasteiger partial charge in [-0.1, -0.05) is 19.9 Å². The van der Waals surface area contributed by atoms with Crippen molar-refractivity contribution in [2.75, 3.05) is 18.5 Å². The van der Waals surface area contributed by atoms with Crippen LogP contribution in [0.1, 0.15) is 33.6 Å². The number of carbonyl (C=O) groups excluding carboxylic acids is 1. The minimum absolute atomic E-state index is 0.210. The number of urea groups is 1. The molecule has 112 valence electrons. The third kappa shape index (κ3) is 5.93. The molecule has 0 aromatic heterocycles. The number of hydrogen-bond acceptors (Lipinski definition) is 3. The second-order valence-electron chi connectivity index (χ2n) is 5.03. The van der Waals surface area contributed by atoms with Crippen LogP contribution in [0.15, 0.2) is 24.3 Å². The van der Waals surface area contributed by atoms with Crippen molar-refractivity contribution < 1.29 is 14.6 Å². The highest BCUT2D eigenvalue weighted by Crippen LogP contribution is 2.17. The van der Waals surface area contributed by atoms with Gasteiger partial charge in [0.15, 0.2) is 0 Å². The van der Waals surface area contributed by atoms with Crippen molar-refractivity contribution >= 4 is 11.7 Å². The fraction of sp³-hybridized carbons (Fsp3) is 0.533. The van der Waals surface area contributed by atoms with Gasteiger partial charge >= 0.3 is 6.03 Å². The van der Waals surface area contributed by atoms with Gasteiger partial charge in [-0.05, 0) is 31.9 Å². The highest BCUT2D eigenvalue weighted by molar-refractivity contribution is 5.89. The molecule has 1 aromatic carbocycles. The molecule has 0 radical (unpaired) electrons. The minimum Gasteiger partial charge on any atom is -0.494 e. The normalized spacial score (nSPS) is 13.4. The average Bonchev–Trinajstić information content (AvgIpc) is 2.43. The van der Waals surface area contributed by atoms with Crippen LogP contribution in [-0.4, -0.2) is 29.9 Å². The Balaban J connectivity index is 2.49. The molecule has 0 aliphatic rings. The van der Waals surface area contributed by atoms with Gasteiger partial charge in [0, 0.05) is 18.3 Å². The molecule has 2 amide bonds. The number of carbonyl (C=O) groups is 1. The molecule has 0 fully saturated rings. The van der Waals surface area contributed by atoms with Crippen molar-refractivity contribution in [3.8, 4) is 5.75 Å². The zero-order valence-electron chi connectivity index (χ0n) is 12.4. The van der Waals surface area contributed by atoms with E-state index in [9.17, 15) is 9.90 Å². The molecule has 1 rings (SSSR count). The van der Waals surface area contributed by atoms with Crippen LogP contribution in [-0.2, 0) is 0 Å². The summed E-state index contributed by atoms with van der Waals surface area (Å²) in [5.41, 5.74) is -0.226. The molecular formula is C15H24N2O3. The topological polar surface area (TPSA) is 70.6 Å². The van der Waals surface area contributed by atoms with Crippen LogP contribution in [0, 0.1) is 0 Å². The van der Waals surface area contributed by atoms with E-state index in [1.807, 2.05) is 26.0 Å². The molecule has 0 aliphatic carbocycles. The smallest absolute Gasteiger partial charge is 0.319 e. The third-order valence-electron chi connectivity index (χ3n) is 2.96. The summed E-state index contributed by atoms with van der Waals surface area (Å²) in [6.07, 6.45) is 1.51. The summed E-state index contributed by atoms with van der Waals surface area (Å²) in [4.78, 5) is 11.7. The van der Waals surface area contributed by atoms with Crippen LogP contribution in [0.3, 0.4) is 0 Å². The molecular weight excluding hydrogens is 256 g/mol. The van der Waals surface area contributed by atoms with Crippen molar-refractivity contribution in [1.29, 1.82) is 0 Å². The van der Waals surface area contributed by atoms with E-state index >= 15 is 0 Å². The lowest BCUT2D eigenvalue weighted by Gasteiger charge is -2.21. The predicted octanol–water partition coefficient (Wildman–Crippen LogP) is 2.76. The van der Waals surface area contributed by atoms with Crippen molar-refractivity contribution in [3.05, 3.63) is 24.3 Å². The average molecular weight is 280 g/mol. The molecule has 0 aliphatic heterocycles. The Morgan fingerprint density at radius 3 is 2.80 bits per heavy atom. The molecule has 1 aromatic rings. The summed E-state index contributed by atoms with van der Waals surface area (Å²) in [5.74, 6) is 0.727. The maximum Gasteiger partial charge on any atom is 0.319 e. The third-order valence-corrected chi connectivity index (χ3v) is 2.96. The summed E-state index contributed by atoms with van der Waals surface area (Å²) in [6, 6.07) is 6.89. The Morgan fingerprint density at radius 1 is 1.40 bits per heavy atom. The van der Waals surface area contributed by atoms with E-state index in [-0.39, 0.29) is 12.6 Å². The standard InChI is InChI=1S/C15H24N2O3/c1-4-9-20-13-8-6-7-12(10-13)17-14(18)16-11-15(3,19)5-2/h6-8,10,19H,4-5,9,11H2,1-3H3,(H2,16,17,18)/t15-/m0/s1. The zero-order valence-corrected chi connectivity index (χ0v) is 12.4.